The number of hydrogen-bond acceptors (Lipinski definition) is 5. The van der Waals surface area contributed by atoms with Gasteiger partial charge >= 0.3 is 0 Å². The van der Waals surface area contributed by atoms with Crippen LogP contribution in [0.25, 0.3) is 5.65 Å². The Balaban J connectivity index is 1.67. The highest BCUT2D eigenvalue weighted by molar-refractivity contribution is 5.99. The third kappa shape index (κ3) is 2.68. The number of fused-ring (bicyclic) bond motifs is 5. The number of aromatic nitrogens is 3. The van der Waals surface area contributed by atoms with E-state index in [2.05, 4.69) is 15.3 Å². The summed E-state index contributed by atoms with van der Waals surface area (Å²) in [7, 11) is 0. The number of ether oxygens (including phenoxy) is 1. The average molecular weight is 367 g/mol. The summed E-state index contributed by atoms with van der Waals surface area (Å²) >= 11 is 0. The molecule has 0 aliphatic carbocycles. The molecule has 3 aromatic rings. The highest BCUT2D eigenvalue weighted by Crippen LogP contribution is 2.39. The minimum Gasteiger partial charge on any atom is -0.491 e. The number of amides is 1. The Kier molecular flexibility index (Phi) is 3.70. The third-order valence-corrected chi connectivity index (χ3v) is 5.12. The van der Waals surface area contributed by atoms with Gasteiger partial charge in [0.25, 0.3) is 5.91 Å². The van der Waals surface area contributed by atoms with Crippen LogP contribution in [0.5, 0.6) is 5.75 Å². The maximum Gasteiger partial charge on any atom is 0.256 e. The predicted molar refractivity (Wildman–Crippen MR) is 96.5 cm³/mol. The van der Waals surface area contributed by atoms with E-state index in [4.69, 9.17) is 9.72 Å². The SMILES string of the molecule is O=C1NCCOc2ccc(F)cc2C2CCCN2c2ccn3ncc1c3n2. The predicted octanol–water partition coefficient (Wildman–Crippen LogP) is 2.33. The zero-order valence-corrected chi connectivity index (χ0v) is 14.6. The Hall–Kier alpha value is -3.16. The molecule has 1 N–H and O–H groups in total. The number of hydrogen-bond donors (Lipinski definition) is 1. The molecule has 2 aliphatic rings. The lowest BCUT2D eigenvalue weighted by Gasteiger charge is -2.27. The quantitative estimate of drug-likeness (QED) is 0.660. The third-order valence-electron chi connectivity index (χ3n) is 5.12. The molecule has 1 unspecified atom stereocenters. The maximum atomic E-state index is 14.0. The van der Waals surface area contributed by atoms with Crippen molar-refractivity contribution in [3.63, 3.8) is 0 Å². The standard InChI is InChI=1S/C19H18FN5O2/c20-12-3-4-16-13(10-12)15-2-1-7-24(15)17-5-8-25-18(23-17)14(11-22-25)19(26)21-6-9-27-16/h3-5,8,10-11,15H,1-2,6-7,9H2,(H,21,26). The fraction of sp³-hybridized carbons (Fsp3) is 0.316. The van der Waals surface area contributed by atoms with Gasteiger partial charge in [0.1, 0.15) is 29.6 Å². The number of carbonyl (C=O) groups is 1. The van der Waals surface area contributed by atoms with Crippen LogP contribution in [0.3, 0.4) is 0 Å². The van der Waals surface area contributed by atoms with E-state index in [1.165, 1.54) is 12.3 Å². The second-order valence-corrected chi connectivity index (χ2v) is 6.75. The zero-order valence-electron chi connectivity index (χ0n) is 14.6. The van der Waals surface area contributed by atoms with Gasteiger partial charge in [-0.3, -0.25) is 4.79 Å². The van der Waals surface area contributed by atoms with Crippen LogP contribution in [0, 0.1) is 5.82 Å². The van der Waals surface area contributed by atoms with Crippen molar-refractivity contribution in [2.24, 2.45) is 0 Å². The Morgan fingerprint density at radius 3 is 3.15 bits per heavy atom. The summed E-state index contributed by atoms with van der Waals surface area (Å²) in [6.07, 6.45) is 5.18. The lowest BCUT2D eigenvalue weighted by atomic mass is 10.0. The van der Waals surface area contributed by atoms with E-state index in [0.717, 1.165) is 30.8 Å². The van der Waals surface area contributed by atoms with E-state index < -0.39 is 0 Å². The first-order chi connectivity index (χ1) is 13.2. The Morgan fingerprint density at radius 2 is 2.22 bits per heavy atom. The molecule has 0 spiro atoms. The van der Waals surface area contributed by atoms with Gasteiger partial charge in [0.05, 0.1) is 18.8 Å². The molecular weight excluding hydrogens is 349 g/mol. The van der Waals surface area contributed by atoms with E-state index in [0.29, 0.717) is 30.1 Å². The van der Waals surface area contributed by atoms with Crippen LogP contribution in [-0.4, -0.2) is 40.2 Å². The van der Waals surface area contributed by atoms with Gasteiger partial charge in [-0.25, -0.2) is 13.9 Å². The summed E-state index contributed by atoms with van der Waals surface area (Å²) in [6, 6.07) is 6.45. The van der Waals surface area contributed by atoms with Crippen molar-refractivity contribution in [1.29, 1.82) is 0 Å². The first-order valence-electron chi connectivity index (χ1n) is 9.02. The molecule has 2 aromatic heterocycles. The molecule has 8 heteroatoms. The summed E-state index contributed by atoms with van der Waals surface area (Å²) < 4.78 is 21.5. The molecule has 1 saturated heterocycles. The van der Waals surface area contributed by atoms with Crippen LogP contribution in [0.4, 0.5) is 10.2 Å². The van der Waals surface area contributed by atoms with E-state index in [1.807, 2.05) is 6.07 Å². The molecule has 2 bridgehead atoms. The van der Waals surface area contributed by atoms with Crippen molar-refractivity contribution in [3.05, 3.63) is 53.6 Å². The highest BCUT2D eigenvalue weighted by Gasteiger charge is 2.30. The van der Waals surface area contributed by atoms with E-state index >= 15 is 0 Å². The van der Waals surface area contributed by atoms with Crippen LogP contribution in [-0.2, 0) is 0 Å². The topological polar surface area (TPSA) is 71.8 Å². The molecule has 4 heterocycles. The number of anilines is 1. The van der Waals surface area contributed by atoms with E-state index in [-0.39, 0.29) is 17.8 Å². The van der Waals surface area contributed by atoms with Gasteiger partial charge in [-0.15, -0.1) is 0 Å². The van der Waals surface area contributed by atoms with Crippen LogP contribution in [0.1, 0.15) is 34.8 Å². The molecule has 1 atom stereocenters. The molecule has 27 heavy (non-hydrogen) atoms. The van der Waals surface area contributed by atoms with Crippen molar-refractivity contribution >= 4 is 17.4 Å². The van der Waals surface area contributed by atoms with Crippen LogP contribution in [0.15, 0.2) is 36.7 Å². The molecule has 2 aliphatic heterocycles. The summed E-state index contributed by atoms with van der Waals surface area (Å²) in [5, 5.41) is 7.03. The molecule has 7 nitrogen and oxygen atoms in total. The van der Waals surface area contributed by atoms with Crippen LogP contribution >= 0.6 is 0 Å². The normalized spacial score (nSPS) is 19.5. The van der Waals surface area contributed by atoms with Crippen molar-refractivity contribution in [1.82, 2.24) is 19.9 Å². The highest BCUT2D eigenvalue weighted by atomic mass is 19.1. The second kappa shape index (κ2) is 6.22. The number of nitrogens with zero attached hydrogens (tertiary/aromatic N) is 4. The summed E-state index contributed by atoms with van der Waals surface area (Å²) in [5.74, 6) is 0.859. The first kappa shape index (κ1) is 16.0. The van der Waals surface area contributed by atoms with Crippen LogP contribution in [0.2, 0.25) is 0 Å². The fourth-order valence-electron chi connectivity index (χ4n) is 3.88. The average Bonchev–Trinajstić information content (AvgIpc) is 3.31. The Morgan fingerprint density at radius 1 is 1.30 bits per heavy atom. The van der Waals surface area contributed by atoms with Gasteiger partial charge in [-0.05, 0) is 37.1 Å². The molecule has 0 radical (unpaired) electrons. The number of benzene rings is 1. The Bertz CT molecular complexity index is 1030. The van der Waals surface area contributed by atoms with Gasteiger partial charge < -0.3 is 15.0 Å². The molecule has 1 aromatic carbocycles. The van der Waals surface area contributed by atoms with Gasteiger partial charge in [-0.1, -0.05) is 0 Å². The number of carbonyl (C=O) groups excluding carboxylic acids is 1. The largest absolute Gasteiger partial charge is 0.491 e. The zero-order chi connectivity index (χ0) is 18.4. The van der Waals surface area contributed by atoms with Crippen molar-refractivity contribution in [2.45, 2.75) is 18.9 Å². The van der Waals surface area contributed by atoms with Crippen molar-refractivity contribution < 1.29 is 13.9 Å². The van der Waals surface area contributed by atoms with Gasteiger partial charge in [0.2, 0.25) is 0 Å². The molecule has 138 valence electrons. The van der Waals surface area contributed by atoms with Gasteiger partial charge in [0.15, 0.2) is 5.65 Å². The number of nitrogens with one attached hydrogen (secondary N) is 1. The monoisotopic (exact) mass is 367 g/mol. The lowest BCUT2D eigenvalue weighted by molar-refractivity contribution is 0.0948. The van der Waals surface area contributed by atoms with E-state index in [9.17, 15) is 9.18 Å². The lowest BCUT2D eigenvalue weighted by Crippen LogP contribution is -2.28. The summed E-state index contributed by atoms with van der Waals surface area (Å²) in [5.41, 5.74) is 1.75. The molecule has 0 saturated carbocycles. The maximum absolute atomic E-state index is 14.0. The second-order valence-electron chi connectivity index (χ2n) is 6.75. The summed E-state index contributed by atoms with van der Waals surface area (Å²) in [4.78, 5) is 19.3. The number of halogens is 1. The molecule has 1 amide bonds. The minimum absolute atomic E-state index is 0.0264. The van der Waals surface area contributed by atoms with Gasteiger partial charge in [0, 0.05) is 18.3 Å². The smallest absolute Gasteiger partial charge is 0.256 e. The first-order valence-corrected chi connectivity index (χ1v) is 9.02. The Labute approximate surface area is 154 Å². The minimum atomic E-state index is -0.289. The van der Waals surface area contributed by atoms with E-state index in [1.54, 1.807) is 22.8 Å². The molecule has 1 fully saturated rings. The fourth-order valence-corrected chi connectivity index (χ4v) is 3.88. The van der Waals surface area contributed by atoms with Crippen LogP contribution < -0.4 is 15.0 Å². The van der Waals surface area contributed by atoms with Crippen molar-refractivity contribution in [2.75, 3.05) is 24.6 Å². The van der Waals surface area contributed by atoms with Gasteiger partial charge in [-0.2, -0.15) is 5.10 Å². The number of rotatable bonds is 0. The molecular formula is C19H18FN5O2. The van der Waals surface area contributed by atoms with Crippen molar-refractivity contribution in [3.8, 4) is 5.75 Å². The summed E-state index contributed by atoms with van der Waals surface area (Å²) in [6.45, 7) is 1.44. The molecule has 5 rings (SSSR count).